The number of amides is 2. The number of fused-ring (bicyclic) bond motifs is 1. The Morgan fingerprint density at radius 1 is 1.38 bits per heavy atom. The number of hydrogen-bond acceptors (Lipinski definition) is 3. The van der Waals surface area contributed by atoms with Crippen LogP contribution in [0.1, 0.15) is 18.1 Å². The minimum atomic E-state index is -0.208. The molecule has 0 radical (unpaired) electrons. The predicted octanol–water partition coefficient (Wildman–Crippen LogP) is 0.541. The van der Waals surface area contributed by atoms with Crippen molar-refractivity contribution in [2.24, 2.45) is 5.92 Å². The van der Waals surface area contributed by atoms with Gasteiger partial charge in [0.1, 0.15) is 0 Å². The molecule has 1 aromatic rings. The summed E-state index contributed by atoms with van der Waals surface area (Å²) in [7, 11) is 3.37. The van der Waals surface area contributed by atoms with Gasteiger partial charge in [-0.3, -0.25) is 9.59 Å². The van der Waals surface area contributed by atoms with Crippen LogP contribution in [0.2, 0.25) is 0 Å². The highest BCUT2D eigenvalue weighted by Gasteiger charge is 2.27. The predicted molar refractivity (Wildman–Crippen MR) is 81.6 cm³/mol. The molecule has 2 N–H and O–H groups in total. The van der Waals surface area contributed by atoms with Crippen LogP contribution in [0.25, 0.3) is 0 Å². The van der Waals surface area contributed by atoms with Gasteiger partial charge in [-0.2, -0.15) is 0 Å². The summed E-state index contributed by atoms with van der Waals surface area (Å²) in [6.45, 7) is 2.97. The molecule has 1 aliphatic rings. The smallest absolute Gasteiger partial charge is 0.239 e. The summed E-state index contributed by atoms with van der Waals surface area (Å²) in [5.41, 5.74) is 2.48. The van der Waals surface area contributed by atoms with Gasteiger partial charge in [0.15, 0.2) is 0 Å². The van der Waals surface area contributed by atoms with Crippen molar-refractivity contribution in [2.45, 2.75) is 25.9 Å². The SMILES string of the molecule is CNC(=O)C(C)CN(C)C(=O)[C@@H]1Cc2ccccc2CN1. The van der Waals surface area contributed by atoms with Crippen molar-refractivity contribution in [3.63, 3.8) is 0 Å². The highest BCUT2D eigenvalue weighted by molar-refractivity contribution is 5.84. The summed E-state index contributed by atoms with van der Waals surface area (Å²) in [5.74, 6) is -0.211. The largest absolute Gasteiger partial charge is 0.359 e. The van der Waals surface area contributed by atoms with E-state index in [4.69, 9.17) is 0 Å². The molecule has 0 saturated heterocycles. The molecule has 1 aromatic carbocycles. The van der Waals surface area contributed by atoms with Crippen molar-refractivity contribution in [3.8, 4) is 0 Å². The quantitative estimate of drug-likeness (QED) is 0.850. The average Bonchev–Trinajstić information content (AvgIpc) is 2.52. The second kappa shape index (κ2) is 6.72. The Morgan fingerprint density at radius 3 is 2.71 bits per heavy atom. The molecule has 1 unspecified atom stereocenters. The number of rotatable bonds is 4. The van der Waals surface area contributed by atoms with E-state index < -0.39 is 0 Å². The Kier molecular flexibility index (Phi) is 4.96. The topological polar surface area (TPSA) is 61.4 Å². The summed E-state index contributed by atoms with van der Waals surface area (Å²) < 4.78 is 0. The molecule has 2 atom stereocenters. The molecule has 0 spiro atoms. The summed E-state index contributed by atoms with van der Waals surface area (Å²) in [5, 5.41) is 5.89. The fraction of sp³-hybridized carbons (Fsp3) is 0.500. The van der Waals surface area contributed by atoms with E-state index in [1.807, 2.05) is 19.1 Å². The van der Waals surface area contributed by atoms with Crippen molar-refractivity contribution < 1.29 is 9.59 Å². The van der Waals surface area contributed by atoms with Crippen molar-refractivity contribution in [1.29, 1.82) is 0 Å². The van der Waals surface area contributed by atoms with Gasteiger partial charge >= 0.3 is 0 Å². The normalized spacial score (nSPS) is 18.5. The van der Waals surface area contributed by atoms with E-state index in [1.165, 1.54) is 11.1 Å². The summed E-state index contributed by atoms with van der Waals surface area (Å²) in [6.07, 6.45) is 0.702. The molecule has 1 aliphatic heterocycles. The molecule has 114 valence electrons. The summed E-state index contributed by atoms with van der Waals surface area (Å²) >= 11 is 0. The average molecular weight is 289 g/mol. The molecule has 0 saturated carbocycles. The molecular formula is C16H23N3O2. The van der Waals surface area contributed by atoms with Crippen LogP contribution >= 0.6 is 0 Å². The van der Waals surface area contributed by atoms with Crippen LogP contribution in [0.3, 0.4) is 0 Å². The first-order valence-corrected chi connectivity index (χ1v) is 7.29. The lowest BCUT2D eigenvalue weighted by Crippen LogP contribution is -2.49. The fourth-order valence-corrected chi connectivity index (χ4v) is 2.73. The molecule has 2 amide bonds. The first-order valence-electron chi connectivity index (χ1n) is 7.29. The number of likely N-dealkylation sites (N-methyl/N-ethyl adjacent to an activating group) is 1. The van der Waals surface area contributed by atoms with Gasteiger partial charge < -0.3 is 15.5 Å². The maximum atomic E-state index is 12.5. The van der Waals surface area contributed by atoms with Crippen LogP contribution in [0.4, 0.5) is 0 Å². The van der Waals surface area contributed by atoms with Gasteiger partial charge in [0.25, 0.3) is 0 Å². The zero-order valence-corrected chi connectivity index (χ0v) is 12.8. The van der Waals surface area contributed by atoms with E-state index >= 15 is 0 Å². The van der Waals surface area contributed by atoms with E-state index in [1.54, 1.807) is 19.0 Å². The van der Waals surface area contributed by atoms with Gasteiger partial charge in [-0.25, -0.2) is 0 Å². The van der Waals surface area contributed by atoms with Gasteiger partial charge in [-0.15, -0.1) is 0 Å². The van der Waals surface area contributed by atoms with Crippen molar-refractivity contribution >= 4 is 11.8 Å². The summed E-state index contributed by atoms with van der Waals surface area (Å²) in [6, 6.07) is 7.97. The number of hydrogen-bond donors (Lipinski definition) is 2. The van der Waals surface area contributed by atoms with Crippen LogP contribution in [0.15, 0.2) is 24.3 Å². The van der Waals surface area contributed by atoms with Gasteiger partial charge in [0.2, 0.25) is 11.8 Å². The van der Waals surface area contributed by atoms with Crippen molar-refractivity contribution in [1.82, 2.24) is 15.5 Å². The molecule has 0 aliphatic carbocycles. The molecule has 0 fully saturated rings. The van der Waals surface area contributed by atoms with Gasteiger partial charge in [0.05, 0.1) is 12.0 Å². The lowest BCUT2D eigenvalue weighted by molar-refractivity contribution is -0.134. The third-order valence-corrected chi connectivity index (χ3v) is 4.00. The first kappa shape index (κ1) is 15.5. The first-order chi connectivity index (χ1) is 10.0. The van der Waals surface area contributed by atoms with E-state index in [0.29, 0.717) is 19.5 Å². The Morgan fingerprint density at radius 2 is 2.05 bits per heavy atom. The van der Waals surface area contributed by atoms with Gasteiger partial charge in [-0.1, -0.05) is 31.2 Å². The zero-order chi connectivity index (χ0) is 15.4. The van der Waals surface area contributed by atoms with Crippen LogP contribution in [-0.4, -0.2) is 43.4 Å². The number of benzene rings is 1. The molecular weight excluding hydrogens is 266 g/mol. The number of nitrogens with one attached hydrogen (secondary N) is 2. The number of nitrogens with zero attached hydrogens (tertiary/aromatic N) is 1. The van der Waals surface area contributed by atoms with Crippen molar-refractivity contribution in [2.75, 3.05) is 20.6 Å². The molecule has 2 rings (SSSR count). The molecule has 0 bridgehead atoms. The lowest BCUT2D eigenvalue weighted by Gasteiger charge is -2.30. The molecule has 5 nitrogen and oxygen atoms in total. The second-order valence-corrected chi connectivity index (χ2v) is 5.64. The minimum Gasteiger partial charge on any atom is -0.359 e. The maximum Gasteiger partial charge on any atom is 0.239 e. The van der Waals surface area contributed by atoms with Crippen LogP contribution in [0, 0.1) is 5.92 Å². The molecule has 0 aromatic heterocycles. The Balaban J connectivity index is 1.96. The molecule has 1 heterocycles. The second-order valence-electron chi connectivity index (χ2n) is 5.64. The minimum absolute atomic E-state index is 0.0419. The van der Waals surface area contributed by atoms with E-state index in [9.17, 15) is 9.59 Å². The standard InChI is InChI=1S/C16H23N3O2/c1-11(15(20)17-2)10-19(3)16(21)14-8-12-6-4-5-7-13(12)9-18-14/h4-7,11,14,18H,8-10H2,1-3H3,(H,17,20)/t11?,14-/m0/s1. The molecule has 5 heteroatoms. The van der Waals surface area contributed by atoms with Gasteiger partial charge in [0, 0.05) is 27.2 Å². The van der Waals surface area contributed by atoms with Crippen LogP contribution in [0.5, 0.6) is 0 Å². The van der Waals surface area contributed by atoms with Crippen LogP contribution < -0.4 is 10.6 Å². The highest BCUT2D eigenvalue weighted by Crippen LogP contribution is 2.17. The third-order valence-electron chi connectivity index (χ3n) is 4.00. The lowest BCUT2D eigenvalue weighted by atomic mass is 9.95. The van der Waals surface area contributed by atoms with Crippen molar-refractivity contribution in [3.05, 3.63) is 35.4 Å². The number of carbonyl (C=O) groups is 2. The van der Waals surface area contributed by atoms with E-state index in [0.717, 1.165) is 0 Å². The van der Waals surface area contributed by atoms with E-state index in [2.05, 4.69) is 22.8 Å². The number of carbonyl (C=O) groups excluding carboxylic acids is 2. The summed E-state index contributed by atoms with van der Waals surface area (Å²) in [4.78, 5) is 25.7. The maximum absolute atomic E-state index is 12.5. The third kappa shape index (κ3) is 3.61. The Hall–Kier alpha value is -1.88. The monoisotopic (exact) mass is 289 g/mol. The highest BCUT2D eigenvalue weighted by atomic mass is 16.2. The van der Waals surface area contributed by atoms with Gasteiger partial charge in [-0.05, 0) is 17.5 Å². The van der Waals surface area contributed by atoms with Crippen LogP contribution in [-0.2, 0) is 22.6 Å². The molecule has 21 heavy (non-hydrogen) atoms. The Labute approximate surface area is 125 Å². The Bertz CT molecular complexity index is 530. The fourth-order valence-electron chi connectivity index (χ4n) is 2.73. The van der Waals surface area contributed by atoms with E-state index in [-0.39, 0.29) is 23.8 Å². The zero-order valence-electron chi connectivity index (χ0n) is 12.8.